The van der Waals surface area contributed by atoms with E-state index in [-0.39, 0.29) is 12.5 Å². The highest BCUT2D eigenvalue weighted by molar-refractivity contribution is 5.78. The van der Waals surface area contributed by atoms with Crippen molar-refractivity contribution in [1.29, 1.82) is 5.26 Å². The molecular weight excluding hydrogens is 202 g/mol. The molecule has 0 unspecified atom stereocenters. The number of rotatable bonds is 7. The zero-order valence-corrected chi connectivity index (χ0v) is 9.80. The first-order chi connectivity index (χ1) is 7.83. The molecule has 0 bridgehead atoms. The van der Waals surface area contributed by atoms with Crippen LogP contribution in [0.1, 0.15) is 38.5 Å². The Hall–Kier alpha value is -1.08. The van der Waals surface area contributed by atoms with Crippen LogP contribution < -0.4 is 10.6 Å². The average molecular weight is 223 g/mol. The highest BCUT2D eigenvalue weighted by Crippen LogP contribution is 2.28. The maximum Gasteiger partial charge on any atom is 0.234 e. The monoisotopic (exact) mass is 223 g/mol. The first kappa shape index (κ1) is 13.0. The fourth-order valence-corrected chi connectivity index (χ4v) is 2.22. The van der Waals surface area contributed by atoms with Crippen molar-refractivity contribution in [3.8, 4) is 6.07 Å². The van der Waals surface area contributed by atoms with Gasteiger partial charge in [0, 0.05) is 0 Å². The maximum atomic E-state index is 11.1. The topological polar surface area (TPSA) is 64.9 Å². The molecule has 1 aliphatic rings. The lowest BCUT2D eigenvalue weighted by molar-refractivity contribution is -0.120. The van der Waals surface area contributed by atoms with Crippen molar-refractivity contribution in [2.24, 2.45) is 5.92 Å². The van der Waals surface area contributed by atoms with Crippen LogP contribution in [-0.4, -0.2) is 25.5 Å². The second kappa shape index (κ2) is 8.12. The lowest BCUT2D eigenvalue weighted by Crippen LogP contribution is -2.34. The van der Waals surface area contributed by atoms with Crippen LogP contribution in [0.15, 0.2) is 0 Å². The van der Waals surface area contributed by atoms with Gasteiger partial charge >= 0.3 is 0 Å². The minimum atomic E-state index is -0.0950. The van der Waals surface area contributed by atoms with E-state index in [1.54, 1.807) is 0 Å². The Bertz CT molecular complexity index is 241. The number of carbonyl (C=O) groups is 1. The zero-order chi connectivity index (χ0) is 11.6. The molecule has 16 heavy (non-hydrogen) atoms. The summed E-state index contributed by atoms with van der Waals surface area (Å²) in [4.78, 5) is 11.1. The van der Waals surface area contributed by atoms with E-state index < -0.39 is 0 Å². The molecule has 0 aliphatic heterocycles. The lowest BCUT2D eigenvalue weighted by Gasteiger charge is -2.08. The summed E-state index contributed by atoms with van der Waals surface area (Å²) in [5.74, 6) is 0.830. The summed E-state index contributed by atoms with van der Waals surface area (Å²) < 4.78 is 0. The van der Waals surface area contributed by atoms with Crippen LogP contribution in [0.2, 0.25) is 0 Å². The first-order valence-corrected chi connectivity index (χ1v) is 6.17. The minimum absolute atomic E-state index is 0.0950. The highest BCUT2D eigenvalue weighted by atomic mass is 16.1. The van der Waals surface area contributed by atoms with Gasteiger partial charge in [-0.05, 0) is 25.3 Å². The highest BCUT2D eigenvalue weighted by Gasteiger charge is 2.13. The first-order valence-electron chi connectivity index (χ1n) is 6.17. The Labute approximate surface area is 97.4 Å². The van der Waals surface area contributed by atoms with Gasteiger partial charge in [0.2, 0.25) is 5.91 Å². The largest absolute Gasteiger partial charge is 0.342 e. The number of hydrogen-bond acceptors (Lipinski definition) is 3. The van der Waals surface area contributed by atoms with Gasteiger partial charge in [-0.1, -0.05) is 25.7 Å². The van der Waals surface area contributed by atoms with Gasteiger partial charge in [-0.25, -0.2) is 0 Å². The van der Waals surface area contributed by atoms with Crippen molar-refractivity contribution in [3.63, 3.8) is 0 Å². The zero-order valence-electron chi connectivity index (χ0n) is 9.80. The smallest absolute Gasteiger partial charge is 0.234 e. The van der Waals surface area contributed by atoms with E-state index in [9.17, 15) is 4.79 Å². The fourth-order valence-electron chi connectivity index (χ4n) is 2.22. The van der Waals surface area contributed by atoms with Crippen LogP contribution in [0.3, 0.4) is 0 Å². The molecule has 1 saturated carbocycles. The van der Waals surface area contributed by atoms with E-state index in [0.717, 1.165) is 18.9 Å². The van der Waals surface area contributed by atoms with Crippen LogP contribution >= 0.6 is 0 Å². The summed E-state index contributed by atoms with van der Waals surface area (Å²) in [7, 11) is 0. The summed E-state index contributed by atoms with van der Waals surface area (Å²) in [5.41, 5.74) is 0. The second-order valence-corrected chi connectivity index (χ2v) is 4.40. The molecule has 1 fully saturated rings. The number of nitrogens with one attached hydrogen (secondary N) is 2. The van der Waals surface area contributed by atoms with Crippen LogP contribution in [0.4, 0.5) is 0 Å². The van der Waals surface area contributed by atoms with Gasteiger partial charge in [0.05, 0.1) is 12.6 Å². The van der Waals surface area contributed by atoms with Crippen molar-refractivity contribution in [1.82, 2.24) is 10.6 Å². The molecule has 1 rings (SSSR count). The molecule has 4 heteroatoms. The molecule has 0 heterocycles. The molecule has 0 radical (unpaired) electrons. The normalized spacial score (nSPS) is 15.9. The molecular formula is C12H21N3O. The van der Waals surface area contributed by atoms with Crippen LogP contribution in [0, 0.1) is 17.2 Å². The Morgan fingerprint density at radius 3 is 2.81 bits per heavy atom. The molecule has 1 amide bonds. The lowest BCUT2D eigenvalue weighted by atomic mass is 10.0. The summed E-state index contributed by atoms with van der Waals surface area (Å²) >= 11 is 0. The van der Waals surface area contributed by atoms with E-state index in [1.807, 2.05) is 6.07 Å². The number of nitriles is 1. The third-order valence-corrected chi connectivity index (χ3v) is 3.09. The third-order valence-electron chi connectivity index (χ3n) is 3.09. The van der Waals surface area contributed by atoms with Crippen molar-refractivity contribution in [2.45, 2.75) is 38.5 Å². The maximum absolute atomic E-state index is 11.1. The summed E-state index contributed by atoms with van der Waals surface area (Å²) in [6.45, 7) is 1.32. The fraction of sp³-hybridized carbons (Fsp3) is 0.833. The predicted molar refractivity (Wildman–Crippen MR) is 62.7 cm³/mol. The minimum Gasteiger partial charge on any atom is -0.342 e. The molecule has 0 aromatic rings. The van der Waals surface area contributed by atoms with E-state index >= 15 is 0 Å². The Morgan fingerprint density at radius 1 is 1.38 bits per heavy atom. The molecule has 0 spiro atoms. The van der Waals surface area contributed by atoms with Crippen LogP contribution in [0.5, 0.6) is 0 Å². The van der Waals surface area contributed by atoms with Gasteiger partial charge in [0.25, 0.3) is 0 Å². The van der Waals surface area contributed by atoms with E-state index in [1.165, 1.54) is 32.1 Å². The molecule has 1 aliphatic carbocycles. The van der Waals surface area contributed by atoms with Crippen LogP contribution in [-0.2, 0) is 4.79 Å². The SMILES string of the molecule is N#CCNC(=O)CNCCCC1CCCC1. The summed E-state index contributed by atoms with van der Waals surface area (Å²) in [6.07, 6.45) is 8.01. The number of amides is 1. The molecule has 0 aromatic heterocycles. The van der Waals surface area contributed by atoms with E-state index in [0.29, 0.717) is 6.54 Å². The quantitative estimate of drug-likeness (QED) is 0.503. The van der Waals surface area contributed by atoms with Crippen molar-refractivity contribution < 1.29 is 4.79 Å². The standard InChI is InChI=1S/C12H21N3O/c13-7-9-15-12(16)10-14-8-3-6-11-4-1-2-5-11/h11,14H,1-6,8-10H2,(H,15,16). The number of nitrogens with zero attached hydrogens (tertiary/aromatic N) is 1. The predicted octanol–water partition coefficient (Wildman–Crippen LogP) is 1.19. The van der Waals surface area contributed by atoms with Gasteiger partial charge < -0.3 is 10.6 Å². The molecule has 0 aromatic carbocycles. The second-order valence-electron chi connectivity index (χ2n) is 4.40. The van der Waals surface area contributed by atoms with E-state index in [2.05, 4.69) is 10.6 Å². The molecule has 0 atom stereocenters. The van der Waals surface area contributed by atoms with Gasteiger partial charge in [-0.15, -0.1) is 0 Å². The van der Waals surface area contributed by atoms with Gasteiger partial charge in [-0.3, -0.25) is 4.79 Å². The van der Waals surface area contributed by atoms with Gasteiger partial charge in [0.15, 0.2) is 0 Å². The van der Waals surface area contributed by atoms with Gasteiger partial charge in [0.1, 0.15) is 6.54 Å². The number of carbonyl (C=O) groups excluding carboxylic acids is 1. The molecule has 2 N–H and O–H groups in total. The van der Waals surface area contributed by atoms with Crippen molar-refractivity contribution in [3.05, 3.63) is 0 Å². The van der Waals surface area contributed by atoms with Crippen molar-refractivity contribution in [2.75, 3.05) is 19.6 Å². The average Bonchev–Trinajstić information content (AvgIpc) is 2.79. The Balaban J connectivity index is 1.87. The Kier molecular flexibility index (Phi) is 6.59. The molecule has 4 nitrogen and oxygen atoms in total. The summed E-state index contributed by atoms with van der Waals surface area (Å²) in [5, 5.41) is 13.9. The van der Waals surface area contributed by atoms with Crippen LogP contribution in [0.25, 0.3) is 0 Å². The molecule has 0 saturated heterocycles. The third kappa shape index (κ3) is 5.72. The summed E-state index contributed by atoms with van der Waals surface area (Å²) in [6, 6.07) is 1.88. The van der Waals surface area contributed by atoms with Gasteiger partial charge in [-0.2, -0.15) is 5.26 Å². The number of hydrogen-bond donors (Lipinski definition) is 2. The molecule has 90 valence electrons. The van der Waals surface area contributed by atoms with E-state index in [4.69, 9.17) is 5.26 Å². The van der Waals surface area contributed by atoms with Crippen molar-refractivity contribution >= 4 is 5.91 Å². The Morgan fingerprint density at radius 2 is 2.12 bits per heavy atom.